The van der Waals surface area contributed by atoms with E-state index in [1.165, 1.54) is 24.0 Å². The summed E-state index contributed by atoms with van der Waals surface area (Å²) in [6, 6.07) is 21.1. The molecule has 0 aliphatic heterocycles. The zero-order valence-corrected chi connectivity index (χ0v) is 10.4. The van der Waals surface area contributed by atoms with Crippen molar-refractivity contribution in [2.75, 3.05) is 0 Å². The predicted octanol–water partition coefficient (Wildman–Crippen LogP) is 4.70. The van der Waals surface area contributed by atoms with Crippen molar-refractivity contribution >= 4 is 11.6 Å². The third kappa shape index (κ3) is 1.87. The fourth-order valence-electron chi connectivity index (χ4n) is 2.53. The number of benzene rings is 2. The van der Waals surface area contributed by atoms with Crippen molar-refractivity contribution in [3.05, 3.63) is 71.8 Å². The molecule has 0 radical (unpaired) electrons. The number of hydrogen-bond donors (Lipinski definition) is 0. The van der Waals surface area contributed by atoms with Crippen LogP contribution in [0.4, 0.5) is 0 Å². The lowest BCUT2D eigenvalue weighted by Crippen LogP contribution is -2.13. The van der Waals surface area contributed by atoms with E-state index < -0.39 is 0 Å². The third-order valence-electron chi connectivity index (χ3n) is 3.71. The standard InChI is InChI=1S/C16H15Cl/c17-15(13-7-3-1-4-8-13)16(11-12-16)14-9-5-2-6-10-14/h1-10,15H,11-12H2. The molecule has 3 rings (SSSR count). The van der Waals surface area contributed by atoms with Crippen LogP contribution in [-0.2, 0) is 5.41 Å². The molecule has 1 aliphatic carbocycles. The normalized spacial score (nSPS) is 18.6. The van der Waals surface area contributed by atoms with Gasteiger partial charge in [0.15, 0.2) is 0 Å². The Morgan fingerprint density at radius 3 is 1.88 bits per heavy atom. The van der Waals surface area contributed by atoms with Crippen molar-refractivity contribution in [3.8, 4) is 0 Å². The van der Waals surface area contributed by atoms with Gasteiger partial charge in [-0.1, -0.05) is 60.7 Å². The molecule has 86 valence electrons. The predicted molar refractivity (Wildman–Crippen MR) is 72.4 cm³/mol. The first kappa shape index (κ1) is 10.9. The second-order valence-electron chi connectivity index (χ2n) is 4.80. The highest BCUT2D eigenvalue weighted by atomic mass is 35.5. The molecule has 0 N–H and O–H groups in total. The number of hydrogen-bond acceptors (Lipinski definition) is 0. The van der Waals surface area contributed by atoms with Gasteiger partial charge in [0.05, 0.1) is 5.38 Å². The molecule has 2 aromatic rings. The molecule has 0 spiro atoms. The van der Waals surface area contributed by atoms with Crippen molar-refractivity contribution in [2.45, 2.75) is 23.6 Å². The van der Waals surface area contributed by atoms with E-state index in [0.717, 1.165) is 0 Å². The van der Waals surface area contributed by atoms with Crippen LogP contribution >= 0.6 is 11.6 Å². The summed E-state index contributed by atoms with van der Waals surface area (Å²) in [4.78, 5) is 0. The Bertz CT molecular complexity index is 485. The van der Waals surface area contributed by atoms with E-state index in [1.54, 1.807) is 0 Å². The fraction of sp³-hybridized carbons (Fsp3) is 0.250. The molecule has 0 amide bonds. The molecule has 2 aromatic carbocycles. The largest absolute Gasteiger partial charge is 0.117 e. The Hall–Kier alpha value is -1.27. The minimum Gasteiger partial charge on any atom is -0.117 e. The van der Waals surface area contributed by atoms with Crippen molar-refractivity contribution in [1.82, 2.24) is 0 Å². The molecule has 1 saturated carbocycles. The van der Waals surface area contributed by atoms with Gasteiger partial charge < -0.3 is 0 Å². The maximum atomic E-state index is 6.69. The van der Waals surface area contributed by atoms with E-state index in [-0.39, 0.29) is 10.8 Å². The number of halogens is 1. The van der Waals surface area contributed by atoms with Gasteiger partial charge in [-0.3, -0.25) is 0 Å². The van der Waals surface area contributed by atoms with Gasteiger partial charge in [0, 0.05) is 5.41 Å². The molecule has 1 heteroatoms. The molecular formula is C16H15Cl. The highest BCUT2D eigenvalue weighted by molar-refractivity contribution is 6.22. The number of alkyl halides is 1. The van der Waals surface area contributed by atoms with E-state index in [0.29, 0.717) is 0 Å². The average molecular weight is 243 g/mol. The Morgan fingerprint density at radius 1 is 0.824 bits per heavy atom. The maximum Gasteiger partial charge on any atom is 0.0681 e. The van der Waals surface area contributed by atoms with E-state index in [1.807, 2.05) is 6.07 Å². The molecule has 0 aromatic heterocycles. The first-order valence-electron chi connectivity index (χ1n) is 6.07. The first-order valence-corrected chi connectivity index (χ1v) is 6.51. The third-order valence-corrected chi connectivity index (χ3v) is 4.38. The molecule has 0 nitrogen and oxygen atoms in total. The quantitative estimate of drug-likeness (QED) is 0.685. The Balaban J connectivity index is 1.95. The van der Waals surface area contributed by atoms with Crippen LogP contribution in [0.3, 0.4) is 0 Å². The monoisotopic (exact) mass is 242 g/mol. The minimum atomic E-state index is 0.0890. The molecule has 1 fully saturated rings. The van der Waals surface area contributed by atoms with Crippen LogP contribution in [0, 0.1) is 0 Å². The van der Waals surface area contributed by atoms with E-state index in [9.17, 15) is 0 Å². The van der Waals surface area contributed by atoms with Crippen molar-refractivity contribution in [1.29, 1.82) is 0 Å². The van der Waals surface area contributed by atoms with Gasteiger partial charge in [-0.15, -0.1) is 11.6 Å². The molecular weight excluding hydrogens is 228 g/mol. The highest BCUT2D eigenvalue weighted by Gasteiger charge is 2.50. The molecule has 1 aliphatic rings. The maximum absolute atomic E-state index is 6.69. The Labute approximate surface area is 107 Å². The fourth-order valence-corrected chi connectivity index (χ4v) is 3.02. The van der Waals surface area contributed by atoms with Gasteiger partial charge >= 0.3 is 0 Å². The van der Waals surface area contributed by atoms with E-state index in [2.05, 4.69) is 54.6 Å². The summed E-state index contributed by atoms with van der Waals surface area (Å²) in [6.45, 7) is 0. The van der Waals surface area contributed by atoms with Gasteiger partial charge in [0.25, 0.3) is 0 Å². The Kier molecular flexibility index (Phi) is 2.68. The van der Waals surface area contributed by atoms with Crippen LogP contribution in [-0.4, -0.2) is 0 Å². The lowest BCUT2D eigenvalue weighted by atomic mass is 9.88. The smallest absolute Gasteiger partial charge is 0.0681 e. The molecule has 0 heterocycles. The summed E-state index contributed by atoms with van der Waals surface area (Å²) in [5.74, 6) is 0. The van der Waals surface area contributed by atoms with Gasteiger partial charge in [-0.25, -0.2) is 0 Å². The van der Waals surface area contributed by atoms with Crippen molar-refractivity contribution in [2.24, 2.45) is 0 Å². The SMILES string of the molecule is ClC(c1ccccc1)C1(c2ccccc2)CC1. The summed E-state index contributed by atoms with van der Waals surface area (Å²) in [5, 5.41) is 0.0890. The van der Waals surface area contributed by atoms with Crippen LogP contribution < -0.4 is 0 Å². The second kappa shape index (κ2) is 4.19. The molecule has 1 atom stereocenters. The summed E-state index contributed by atoms with van der Waals surface area (Å²) in [6.07, 6.45) is 2.39. The van der Waals surface area contributed by atoms with Crippen LogP contribution in [0.5, 0.6) is 0 Å². The minimum absolute atomic E-state index is 0.0890. The van der Waals surface area contributed by atoms with Crippen LogP contribution in [0.25, 0.3) is 0 Å². The van der Waals surface area contributed by atoms with Crippen LogP contribution in [0.1, 0.15) is 29.3 Å². The zero-order chi connectivity index (χ0) is 11.7. The Morgan fingerprint density at radius 2 is 1.35 bits per heavy atom. The van der Waals surface area contributed by atoms with E-state index >= 15 is 0 Å². The van der Waals surface area contributed by atoms with E-state index in [4.69, 9.17) is 11.6 Å². The summed E-state index contributed by atoms with van der Waals surface area (Å²) >= 11 is 6.69. The van der Waals surface area contributed by atoms with Crippen molar-refractivity contribution in [3.63, 3.8) is 0 Å². The molecule has 0 saturated heterocycles. The molecule has 1 unspecified atom stereocenters. The average Bonchev–Trinajstić information content (AvgIpc) is 3.21. The van der Waals surface area contributed by atoms with Gasteiger partial charge in [-0.05, 0) is 24.0 Å². The number of rotatable bonds is 3. The molecule has 17 heavy (non-hydrogen) atoms. The van der Waals surface area contributed by atoms with Gasteiger partial charge in [-0.2, -0.15) is 0 Å². The zero-order valence-electron chi connectivity index (χ0n) is 9.64. The van der Waals surface area contributed by atoms with Crippen LogP contribution in [0.15, 0.2) is 60.7 Å². The lowest BCUT2D eigenvalue weighted by molar-refractivity contribution is 0.662. The second-order valence-corrected chi connectivity index (χ2v) is 5.23. The van der Waals surface area contributed by atoms with Crippen LogP contribution in [0.2, 0.25) is 0 Å². The summed E-state index contributed by atoms with van der Waals surface area (Å²) in [5.41, 5.74) is 2.78. The molecule has 0 bridgehead atoms. The van der Waals surface area contributed by atoms with Crippen molar-refractivity contribution < 1.29 is 0 Å². The van der Waals surface area contributed by atoms with Gasteiger partial charge in [0.2, 0.25) is 0 Å². The topological polar surface area (TPSA) is 0 Å². The summed E-state index contributed by atoms with van der Waals surface area (Å²) < 4.78 is 0. The first-order chi connectivity index (χ1) is 8.33. The lowest BCUT2D eigenvalue weighted by Gasteiger charge is -2.22. The van der Waals surface area contributed by atoms with Gasteiger partial charge in [0.1, 0.15) is 0 Å². The summed E-state index contributed by atoms with van der Waals surface area (Å²) in [7, 11) is 0. The highest BCUT2D eigenvalue weighted by Crippen LogP contribution is 2.59.